The van der Waals surface area contributed by atoms with Gasteiger partial charge < -0.3 is 15.2 Å². The second-order valence-electron chi connectivity index (χ2n) is 7.67. The smallest absolute Gasteiger partial charge is 0.355 e. The Morgan fingerprint density at radius 3 is 2.26 bits per heavy atom. The SMILES string of the molecule is Cn1ccc(Nc2ncc(-c3ccc(CC(=O)NCc4ccc(C(F)(F)F)cn4)cc3)cn2)c1. The molecule has 0 unspecified atom stereocenters. The Balaban J connectivity index is 1.29. The van der Waals surface area contributed by atoms with Gasteiger partial charge in [0.2, 0.25) is 11.9 Å². The summed E-state index contributed by atoms with van der Waals surface area (Å²) in [5.41, 5.74) is 2.96. The first-order valence-corrected chi connectivity index (χ1v) is 10.4. The standard InChI is InChI=1S/C24H21F3N6O/c1-33-9-8-21(15-33)32-23-30-11-18(12-31-23)17-4-2-16(3-5-17)10-22(34)29-14-20-7-6-19(13-28-20)24(25,26)27/h2-9,11-13,15H,10,14H2,1H3,(H,29,34)(H,30,31,32). The van der Waals surface area contributed by atoms with Crippen molar-refractivity contribution >= 4 is 17.5 Å². The second kappa shape index (κ2) is 9.74. The number of halogens is 3. The number of benzene rings is 1. The topological polar surface area (TPSA) is 84.7 Å². The summed E-state index contributed by atoms with van der Waals surface area (Å²) in [6.45, 7) is 0.0513. The third-order valence-electron chi connectivity index (χ3n) is 5.01. The van der Waals surface area contributed by atoms with Crippen LogP contribution in [0.2, 0.25) is 0 Å². The van der Waals surface area contributed by atoms with Gasteiger partial charge in [0.25, 0.3) is 0 Å². The molecule has 0 saturated carbocycles. The van der Waals surface area contributed by atoms with Gasteiger partial charge in [-0.15, -0.1) is 0 Å². The predicted octanol–water partition coefficient (Wildman–Crippen LogP) is 4.50. The van der Waals surface area contributed by atoms with Crippen LogP contribution in [-0.4, -0.2) is 25.4 Å². The van der Waals surface area contributed by atoms with Gasteiger partial charge in [0, 0.05) is 43.6 Å². The zero-order chi connectivity index (χ0) is 24.1. The largest absolute Gasteiger partial charge is 0.417 e. The maximum Gasteiger partial charge on any atom is 0.417 e. The number of anilines is 2. The van der Waals surface area contributed by atoms with Crippen molar-refractivity contribution in [2.45, 2.75) is 19.1 Å². The molecule has 10 heteroatoms. The number of alkyl halides is 3. The summed E-state index contributed by atoms with van der Waals surface area (Å²) in [6.07, 6.45) is 3.74. The number of amides is 1. The fourth-order valence-electron chi connectivity index (χ4n) is 3.20. The van der Waals surface area contributed by atoms with Gasteiger partial charge in [-0.2, -0.15) is 13.2 Å². The number of rotatable bonds is 7. The minimum Gasteiger partial charge on any atom is -0.355 e. The molecule has 174 valence electrons. The van der Waals surface area contributed by atoms with Gasteiger partial charge in [-0.1, -0.05) is 24.3 Å². The number of carbonyl (C=O) groups is 1. The Hall–Kier alpha value is -4.21. The average molecular weight is 466 g/mol. The minimum absolute atomic E-state index is 0.0513. The van der Waals surface area contributed by atoms with Gasteiger partial charge in [-0.25, -0.2) is 9.97 Å². The summed E-state index contributed by atoms with van der Waals surface area (Å²) in [6, 6.07) is 11.5. The van der Waals surface area contributed by atoms with E-state index in [-0.39, 0.29) is 18.9 Å². The zero-order valence-corrected chi connectivity index (χ0v) is 18.2. The number of aryl methyl sites for hydroxylation is 1. The molecule has 0 atom stereocenters. The van der Waals surface area contributed by atoms with Gasteiger partial charge in [0.05, 0.1) is 29.9 Å². The lowest BCUT2D eigenvalue weighted by Gasteiger charge is -2.08. The molecular formula is C24H21F3N6O. The highest BCUT2D eigenvalue weighted by Gasteiger charge is 2.30. The van der Waals surface area contributed by atoms with Crippen LogP contribution in [0.15, 0.2) is 73.4 Å². The normalized spacial score (nSPS) is 11.3. The van der Waals surface area contributed by atoms with Crippen LogP contribution < -0.4 is 10.6 Å². The van der Waals surface area contributed by atoms with Crippen molar-refractivity contribution in [3.05, 3.63) is 90.3 Å². The summed E-state index contributed by atoms with van der Waals surface area (Å²) >= 11 is 0. The van der Waals surface area contributed by atoms with E-state index in [1.54, 1.807) is 12.4 Å². The maximum absolute atomic E-state index is 12.6. The third kappa shape index (κ3) is 5.97. The Morgan fingerprint density at radius 1 is 0.941 bits per heavy atom. The molecule has 0 bridgehead atoms. The van der Waals surface area contributed by atoms with Gasteiger partial charge >= 0.3 is 6.18 Å². The molecule has 0 saturated heterocycles. The fraction of sp³-hybridized carbons (Fsp3) is 0.167. The molecule has 4 rings (SSSR count). The predicted molar refractivity (Wildman–Crippen MR) is 121 cm³/mol. The lowest BCUT2D eigenvalue weighted by atomic mass is 10.1. The molecule has 3 aromatic heterocycles. The monoisotopic (exact) mass is 466 g/mol. The first kappa shape index (κ1) is 23.0. The lowest BCUT2D eigenvalue weighted by Crippen LogP contribution is -2.25. The van der Waals surface area contributed by atoms with E-state index in [9.17, 15) is 18.0 Å². The zero-order valence-electron chi connectivity index (χ0n) is 18.2. The van der Waals surface area contributed by atoms with Gasteiger partial charge in [0.15, 0.2) is 0 Å². The number of nitrogens with one attached hydrogen (secondary N) is 2. The van der Waals surface area contributed by atoms with Crippen LogP contribution in [0.3, 0.4) is 0 Å². The highest BCUT2D eigenvalue weighted by Crippen LogP contribution is 2.28. The van der Waals surface area contributed by atoms with Crippen LogP contribution >= 0.6 is 0 Å². The molecule has 1 aromatic carbocycles. The molecule has 7 nitrogen and oxygen atoms in total. The number of carbonyl (C=O) groups excluding carboxylic acids is 1. The molecule has 0 aliphatic rings. The first-order chi connectivity index (χ1) is 16.3. The van der Waals surface area contributed by atoms with E-state index in [0.29, 0.717) is 11.6 Å². The Labute approximate surface area is 193 Å². The fourth-order valence-corrected chi connectivity index (χ4v) is 3.20. The Kier molecular flexibility index (Phi) is 6.58. The average Bonchev–Trinajstić information content (AvgIpc) is 3.23. The van der Waals surface area contributed by atoms with E-state index in [2.05, 4.69) is 25.6 Å². The molecule has 4 aromatic rings. The van der Waals surface area contributed by atoms with Crippen LogP contribution in [0.1, 0.15) is 16.8 Å². The number of hydrogen-bond acceptors (Lipinski definition) is 5. The number of aromatic nitrogens is 4. The van der Waals surface area contributed by atoms with Crippen LogP contribution in [-0.2, 0) is 31.0 Å². The van der Waals surface area contributed by atoms with E-state index >= 15 is 0 Å². The summed E-state index contributed by atoms with van der Waals surface area (Å²) in [7, 11) is 1.93. The van der Waals surface area contributed by atoms with Crippen LogP contribution in [0.5, 0.6) is 0 Å². The summed E-state index contributed by atoms with van der Waals surface area (Å²) in [4.78, 5) is 24.6. The van der Waals surface area contributed by atoms with E-state index in [1.165, 1.54) is 6.07 Å². The number of pyridine rings is 1. The second-order valence-corrected chi connectivity index (χ2v) is 7.67. The highest BCUT2D eigenvalue weighted by molar-refractivity contribution is 5.78. The molecule has 1 amide bonds. The summed E-state index contributed by atoms with van der Waals surface area (Å²) < 4.78 is 39.7. The number of hydrogen-bond donors (Lipinski definition) is 2. The molecule has 2 N–H and O–H groups in total. The van der Waals surface area contributed by atoms with Crippen LogP contribution in [0, 0.1) is 0 Å². The Morgan fingerprint density at radius 2 is 1.68 bits per heavy atom. The van der Waals surface area contributed by atoms with Crippen molar-refractivity contribution in [1.29, 1.82) is 0 Å². The quantitative estimate of drug-likeness (QED) is 0.419. The molecule has 0 spiro atoms. The van der Waals surface area contributed by atoms with Crippen molar-refractivity contribution < 1.29 is 18.0 Å². The van der Waals surface area contributed by atoms with E-state index < -0.39 is 11.7 Å². The minimum atomic E-state index is -4.44. The van der Waals surface area contributed by atoms with Crippen molar-refractivity contribution in [2.24, 2.45) is 7.05 Å². The number of nitrogens with zero attached hydrogens (tertiary/aromatic N) is 4. The van der Waals surface area contributed by atoms with Crippen molar-refractivity contribution in [2.75, 3.05) is 5.32 Å². The van der Waals surface area contributed by atoms with Crippen molar-refractivity contribution in [3.8, 4) is 11.1 Å². The molecule has 0 aliphatic heterocycles. The molecular weight excluding hydrogens is 445 g/mol. The maximum atomic E-state index is 12.6. The first-order valence-electron chi connectivity index (χ1n) is 10.4. The van der Waals surface area contributed by atoms with Crippen LogP contribution in [0.25, 0.3) is 11.1 Å². The van der Waals surface area contributed by atoms with E-state index in [1.807, 2.05) is 54.3 Å². The highest BCUT2D eigenvalue weighted by atomic mass is 19.4. The molecule has 3 heterocycles. The third-order valence-corrected chi connectivity index (χ3v) is 5.01. The van der Waals surface area contributed by atoms with Crippen LogP contribution in [0.4, 0.5) is 24.8 Å². The molecule has 0 radical (unpaired) electrons. The van der Waals surface area contributed by atoms with E-state index in [4.69, 9.17) is 0 Å². The Bertz CT molecular complexity index is 1250. The van der Waals surface area contributed by atoms with E-state index in [0.717, 1.165) is 34.6 Å². The summed E-state index contributed by atoms with van der Waals surface area (Å²) in [5.74, 6) is 0.236. The lowest BCUT2D eigenvalue weighted by molar-refractivity contribution is -0.137. The van der Waals surface area contributed by atoms with Gasteiger partial charge in [-0.05, 0) is 29.3 Å². The molecule has 0 fully saturated rings. The molecule has 34 heavy (non-hydrogen) atoms. The van der Waals surface area contributed by atoms with Gasteiger partial charge in [-0.3, -0.25) is 9.78 Å². The summed E-state index contributed by atoms with van der Waals surface area (Å²) in [5, 5.41) is 5.79. The van der Waals surface area contributed by atoms with Crippen molar-refractivity contribution in [1.82, 2.24) is 24.8 Å². The van der Waals surface area contributed by atoms with Crippen molar-refractivity contribution in [3.63, 3.8) is 0 Å². The van der Waals surface area contributed by atoms with Gasteiger partial charge in [0.1, 0.15) is 0 Å². The molecule has 0 aliphatic carbocycles.